The van der Waals surface area contributed by atoms with Gasteiger partial charge in [0, 0.05) is 7.05 Å². The van der Waals surface area contributed by atoms with Crippen LogP contribution < -0.4 is 11.1 Å². The number of rotatable bonds is 3. The largest absolute Gasteiger partial charge is 0.435 e. The first-order chi connectivity index (χ1) is 11.8. The second-order valence-electron chi connectivity index (χ2n) is 5.28. The summed E-state index contributed by atoms with van der Waals surface area (Å²) in [4.78, 5) is 10.7. The monoisotopic (exact) mass is 382 g/mol. The van der Waals surface area contributed by atoms with Crippen LogP contribution in [0.4, 0.5) is 31.1 Å². The Morgan fingerprint density at radius 2 is 1.81 bits per heavy atom. The van der Waals surface area contributed by atoms with Gasteiger partial charge < -0.3 is 11.1 Å². The maximum atomic E-state index is 13.3. The predicted molar refractivity (Wildman–Crippen MR) is 75.4 cm³/mol. The summed E-state index contributed by atoms with van der Waals surface area (Å²) in [6.07, 6.45) is -10.2. The molecule has 0 bridgehead atoms. The minimum atomic E-state index is -5.13. The van der Waals surface area contributed by atoms with Gasteiger partial charge in [0.25, 0.3) is 0 Å². The third-order valence-electron chi connectivity index (χ3n) is 3.30. The average molecular weight is 382 g/mol. The molecule has 7 nitrogen and oxygen atoms in total. The van der Waals surface area contributed by atoms with Crippen molar-refractivity contribution in [3.05, 3.63) is 28.7 Å². The first-order valence-corrected chi connectivity index (χ1v) is 6.90. The van der Waals surface area contributed by atoms with E-state index in [9.17, 15) is 31.1 Å². The van der Waals surface area contributed by atoms with Crippen LogP contribution >= 0.6 is 0 Å². The summed E-state index contributed by atoms with van der Waals surface area (Å²) >= 11 is 0. The van der Waals surface area contributed by atoms with Crippen LogP contribution in [-0.4, -0.2) is 26.0 Å². The van der Waals surface area contributed by atoms with E-state index in [1.54, 1.807) is 0 Å². The second kappa shape index (κ2) is 6.46. The van der Waals surface area contributed by atoms with E-state index >= 15 is 0 Å². The Hall–Kier alpha value is -2.86. The Morgan fingerprint density at radius 3 is 2.27 bits per heavy atom. The average Bonchev–Trinajstić information content (AvgIpc) is 2.82. The lowest BCUT2D eigenvalue weighted by Gasteiger charge is -2.13. The fourth-order valence-electron chi connectivity index (χ4n) is 2.32. The number of primary amides is 1. The molecule has 0 unspecified atom stereocenters. The third kappa shape index (κ3) is 3.86. The highest BCUT2D eigenvalue weighted by molar-refractivity contribution is 5.72. The first kappa shape index (κ1) is 19.5. The molecule has 0 atom stereocenters. The SMILES string of the molecule is Cc1cc(CNC(N)=O)nnc1-c1c(C(F)(F)F)nn(C)c1C(F)(F)F. The van der Waals surface area contributed by atoms with Crippen molar-refractivity contribution in [2.45, 2.75) is 25.8 Å². The number of nitrogens with two attached hydrogens (primary N) is 1. The van der Waals surface area contributed by atoms with Crippen LogP contribution in [-0.2, 0) is 25.9 Å². The number of nitrogens with zero attached hydrogens (tertiary/aromatic N) is 4. The van der Waals surface area contributed by atoms with Crippen molar-refractivity contribution in [2.75, 3.05) is 0 Å². The number of carbonyl (C=O) groups excluding carboxylic acids is 1. The van der Waals surface area contributed by atoms with Crippen molar-refractivity contribution in [3.63, 3.8) is 0 Å². The molecule has 0 radical (unpaired) electrons. The van der Waals surface area contributed by atoms with E-state index in [0.717, 1.165) is 7.05 Å². The van der Waals surface area contributed by atoms with Crippen molar-refractivity contribution >= 4 is 6.03 Å². The van der Waals surface area contributed by atoms with Gasteiger partial charge in [-0.3, -0.25) is 4.68 Å². The van der Waals surface area contributed by atoms with Gasteiger partial charge >= 0.3 is 18.4 Å². The summed E-state index contributed by atoms with van der Waals surface area (Å²) in [5.74, 6) is 0. The van der Waals surface area contributed by atoms with Gasteiger partial charge in [-0.1, -0.05) is 0 Å². The standard InChI is InChI=1S/C13H12F6N6O/c1-5-3-6(4-21-11(20)26)22-23-8(5)7-9(12(14,15)16)24-25(2)10(7)13(17,18)19/h3H,4H2,1-2H3,(H3,20,21,26). The number of carbonyl (C=O) groups is 1. The summed E-state index contributed by atoms with van der Waals surface area (Å²) in [6.45, 7) is 1.08. The summed E-state index contributed by atoms with van der Waals surface area (Å²) in [5.41, 5.74) is -0.143. The van der Waals surface area contributed by atoms with Gasteiger partial charge in [-0.15, -0.1) is 5.10 Å². The van der Waals surface area contributed by atoms with Crippen LogP contribution in [0, 0.1) is 6.92 Å². The van der Waals surface area contributed by atoms with Crippen molar-refractivity contribution in [1.82, 2.24) is 25.3 Å². The molecule has 0 aliphatic heterocycles. The highest BCUT2D eigenvalue weighted by Gasteiger charge is 2.47. The number of nitrogens with one attached hydrogen (secondary N) is 1. The van der Waals surface area contributed by atoms with Crippen LogP contribution in [0.25, 0.3) is 11.3 Å². The smallest absolute Gasteiger partial charge is 0.352 e. The van der Waals surface area contributed by atoms with Gasteiger partial charge in [-0.2, -0.15) is 36.5 Å². The predicted octanol–water partition coefficient (Wildman–Crippen LogP) is 2.39. The summed E-state index contributed by atoms with van der Waals surface area (Å²) in [7, 11) is 0.759. The van der Waals surface area contributed by atoms with E-state index in [-0.39, 0.29) is 22.5 Å². The topological polar surface area (TPSA) is 98.7 Å². The zero-order valence-electron chi connectivity index (χ0n) is 13.3. The summed E-state index contributed by atoms with van der Waals surface area (Å²) in [6, 6.07) is 0.325. The lowest BCUT2D eigenvalue weighted by Crippen LogP contribution is -2.29. The minimum absolute atomic E-state index is 0.00901. The fourth-order valence-corrected chi connectivity index (χ4v) is 2.32. The van der Waals surface area contributed by atoms with Crippen LogP contribution in [0.15, 0.2) is 6.07 Å². The van der Waals surface area contributed by atoms with Gasteiger partial charge in [-0.05, 0) is 18.6 Å². The lowest BCUT2D eigenvalue weighted by atomic mass is 10.0. The minimum Gasteiger partial charge on any atom is -0.352 e. The van der Waals surface area contributed by atoms with E-state index in [1.807, 2.05) is 0 Å². The Balaban J connectivity index is 2.65. The van der Waals surface area contributed by atoms with Gasteiger partial charge in [0.05, 0.1) is 17.8 Å². The molecule has 13 heteroatoms. The van der Waals surface area contributed by atoms with Crippen LogP contribution in [0.1, 0.15) is 22.6 Å². The molecule has 2 aromatic rings. The molecule has 0 aliphatic rings. The van der Waals surface area contributed by atoms with Gasteiger partial charge in [-0.25, -0.2) is 4.79 Å². The molecular weight excluding hydrogens is 370 g/mol. The number of urea groups is 1. The highest BCUT2D eigenvalue weighted by atomic mass is 19.4. The third-order valence-corrected chi connectivity index (χ3v) is 3.30. The van der Waals surface area contributed by atoms with E-state index in [1.165, 1.54) is 13.0 Å². The number of alkyl halides is 6. The number of amides is 2. The van der Waals surface area contributed by atoms with Crippen molar-refractivity contribution < 1.29 is 31.1 Å². The van der Waals surface area contributed by atoms with Crippen LogP contribution in [0.3, 0.4) is 0 Å². The highest BCUT2D eigenvalue weighted by Crippen LogP contribution is 2.44. The van der Waals surface area contributed by atoms with Crippen molar-refractivity contribution in [3.8, 4) is 11.3 Å². The molecule has 0 aliphatic carbocycles. The van der Waals surface area contributed by atoms with Gasteiger partial charge in [0.1, 0.15) is 5.69 Å². The van der Waals surface area contributed by atoms with Crippen LogP contribution in [0.5, 0.6) is 0 Å². The Morgan fingerprint density at radius 1 is 1.19 bits per heavy atom. The number of aromatic nitrogens is 4. The fraction of sp³-hybridized carbons (Fsp3) is 0.385. The molecule has 2 amide bonds. The maximum Gasteiger partial charge on any atom is 0.435 e. The Labute approximate surface area is 142 Å². The molecule has 3 N–H and O–H groups in total. The number of aryl methyl sites for hydroxylation is 2. The molecule has 26 heavy (non-hydrogen) atoms. The van der Waals surface area contributed by atoms with E-state index in [0.29, 0.717) is 0 Å². The normalized spacial score (nSPS) is 12.3. The van der Waals surface area contributed by atoms with Crippen LogP contribution in [0.2, 0.25) is 0 Å². The quantitative estimate of drug-likeness (QED) is 0.797. The van der Waals surface area contributed by atoms with Crippen molar-refractivity contribution in [1.29, 1.82) is 0 Å². The number of hydrogen-bond acceptors (Lipinski definition) is 4. The molecule has 0 saturated heterocycles. The number of halogens is 6. The summed E-state index contributed by atoms with van der Waals surface area (Å²) in [5, 5.41) is 12.2. The molecule has 0 fully saturated rings. The molecule has 2 aromatic heterocycles. The van der Waals surface area contributed by atoms with E-state index < -0.39 is 41.0 Å². The Kier molecular flexibility index (Phi) is 4.84. The van der Waals surface area contributed by atoms with Gasteiger partial charge in [0.15, 0.2) is 11.4 Å². The molecule has 0 aromatic carbocycles. The zero-order valence-corrected chi connectivity index (χ0v) is 13.3. The summed E-state index contributed by atoms with van der Waals surface area (Å²) < 4.78 is 79.5. The molecule has 0 saturated carbocycles. The molecular formula is C13H12F6N6O. The first-order valence-electron chi connectivity index (χ1n) is 6.90. The zero-order chi connectivity index (χ0) is 19.9. The number of hydrogen-bond donors (Lipinski definition) is 2. The van der Waals surface area contributed by atoms with E-state index in [4.69, 9.17) is 5.73 Å². The lowest BCUT2D eigenvalue weighted by molar-refractivity contribution is -0.143. The molecule has 142 valence electrons. The van der Waals surface area contributed by atoms with Gasteiger partial charge in [0.2, 0.25) is 0 Å². The molecule has 0 spiro atoms. The second-order valence-corrected chi connectivity index (χ2v) is 5.28. The molecule has 2 rings (SSSR count). The molecule has 2 heterocycles. The maximum absolute atomic E-state index is 13.3. The van der Waals surface area contributed by atoms with E-state index in [2.05, 4.69) is 20.6 Å². The van der Waals surface area contributed by atoms with Crippen molar-refractivity contribution in [2.24, 2.45) is 12.8 Å². The Bertz CT molecular complexity index is 841.